The van der Waals surface area contributed by atoms with Crippen molar-refractivity contribution in [2.45, 2.75) is 50.5 Å². The number of amides is 1. The van der Waals surface area contributed by atoms with Crippen molar-refractivity contribution in [3.8, 4) is 0 Å². The van der Waals surface area contributed by atoms with Gasteiger partial charge in [-0.15, -0.1) is 0 Å². The van der Waals surface area contributed by atoms with Gasteiger partial charge in [0.25, 0.3) is 0 Å². The first-order valence-electron chi connectivity index (χ1n) is 7.06. The van der Waals surface area contributed by atoms with Crippen molar-refractivity contribution in [2.75, 3.05) is 6.54 Å². The molecule has 1 amide bonds. The minimum absolute atomic E-state index is 0.0503. The fourth-order valence-corrected chi connectivity index (χ4v) is 2.58. The second-order valence-electron chi connectivity index (χ2n) is 5.45. The summed E-state index contributed by atoms with van der Waals surface area (Å²) in [4.78, 5) is 15.8. The number of carbonyl (C=O) groups is 1. The number of nitrogens with one attached hydrogen (secondary N) is 1. The Bertz CT molecular complexity index is 398. The van der Waals surface area contributed by atoms with E-state index < -0.39 is 5.60 Å². The Hall–Kier alpha value is -1.42. The van der Waals surface area contributed by atoms with Gasteiger partial charge in [0.15, 0.2) is 0 Å². The van der Waals surface area contributed by atoms with Crippen molar-refractivity contribution in [2.24, 2.45) is 0 Å². The van der Waals surface area contributed by atoms with Gasteiger partial charge < -0.3 is 10.4 Å². The summed E-state index contributed by atoms with van der Waals surface area (Å²) < 4.78 is 0. The summed E-state index contributed by atoms with van der Waals surface area (Å²) in [5.41, 5.74) is 0.189. The van der Waals surface area contributed by atoms with Gasteiger partial charge in [0.2, 0.25) is 5.91 Å². The molecule has 1 aromatic heterocycles. The average Bonchev–Trinajstić information content (AvgIpc) is 2.63. The van der Waals surface area contributed by atoms with Crippen molar-refractivity contribution in [1.29, 1.82) is 0 Å². The van der Waals surface area contributed by atoms with Gasteiger partial charge in [-0.1, -0.05) is 31.7 Å². The molecule has 1 aliphatic carbocycles. The normalized spacial score (nSPS) is 18.6. The quantitative estimate of drug-likeness (QED) is 0.814. The van der Waals surface area contributed by atoms with Gasteiger partial charge in [0, 0.05) is 18.9 Å². The first kappa shape index (κ1) is 14.0. The molecule has 0 saturated heterocycles. The third-order valence-corrected chi connectivity index (χ3v) is 3.74. The lowest BCUT2D eigenvalue weighted by molar-refractivity contribution is -0.121. The van der Waals surface area contributed by atoms with Gasteiger partial charge in [-0.3, -0.25) is 9.78 Å². The molecule has 1 heterocycles. The fraction of sp³-hybridized carbons (Fsp3) is 0.600. The SMILES string of the molecule is O=C(Cc1cccnc1)NCC1(O)CCCCCC1. The van der Waals surface area contributed by atoms with Crippen molar-refractivity contribution < 1.29 is 9.90 Å². The highest BCUT2D eigenvalue weighted by Crippen LogP contribution is 2.26. The Labute approximate surface area is 114 Å². The lowest BCUT2D eigenvalue weighted by Crippen LogP contribution is -2.43. The number of hydrogen-bond acceptors (Lipinski definition) is 3. The molecule has 1 saturated carbocycles. The summed E-state index contributed by atoms with van der Waals surface area (Å²) in [6.45, 7) is 0.367. The van der Waals surface area contributed by atoms with Crippen LogP contribution in [0, 0.1) is 0 Å². The minimum atomic E-state index is -0.707. The van der Waals surface area contributed by atoms with E-state index in [-0.39, 0.29) is 5.91 Å². The molecular formula is C15H22N2O2. The van der Waals surface area contributed by atoms with Crippen molar-refractivity contribution in [3.63, 3.8) is 0 Å². The molecule has 104 valence electrons. The highest BCUT2D eigenvalue weighted by atomic mass is 16.3. The zero-order valence-corrected chi connectivity index (χ0v) is 11.3. The van der Waals surface area contributed by atoms with Crippen molar-refractivity contribution in [1.82, 2.24) is 10.3 Å². The Morgan fingerprint density at radius 3 is 2.68 bits per heavy atom. The lowest BCUT2D eigenvalue weighted by atomic mass is 9.94. The Morgan fingerprint density at radius 1 is 1.32 bits per heavy atom. The molecule has 0 aromatic carbocycles. The van der Waals surface area contributed by atoms with Crippen molar-refractivity contribution >= 4 is 5.91 Å². The van der Waals surface area contributed by atoms with Crippen LogP contribution in [-0.4, -0.2) is 28.1 Å². The van der Waals surface area contributed by atoms with Crippen LogP contribution in [0.4, 0.5) is 0 Å². The van der Waals surface area contributed by atoms with Gasteiger partial charge >= 0.3 is 0 Å². The monoisotopic (exact) mass is 262 g/mol. The topological polar surface area (TPSA) is 62.2 Å². The number of carbonyl (C=O) groups excluding carboxylic acids is 1. The third-order valence-electron chi connectivity index (χ3n) is 3.74. The number of aromatic nitrogens is 1. The van der Waals surface area contributed by atoms with E-state index >= 15 is 0 Å². The molecule has 4 heteroatoms. The van der Waals surface area contributed by atoms with Gasteiger partial charge in [-0.25, -0.2) is 0 Å². The smallest absolute Gasteiger partial charge is 0.224 e. The van der Waals surface area contributed by atoms with Crippen LogP contribution in [0.3, 0.4) is 0 Å². The standard InChI is InChI=1S/C15H22N2O2/c18-14(10-13-6-5-9-16-11-13)17-12-15(19)7-3-1-2-4-8-15/h5-6,9,11,19H,1-4,7-8,10,12H2,(H,17,18). The van der Waals surface area contributed by atoms with Crippen LogP contribution in [0.15, 0.2) is 24.5 Å². The first-order chi connectivity index (χ1) is 9.18. The number of aliphatic hydroxyl groups is 1. The molecule has 0 unspecified atom stereocenters. The summed E-state index contributed by atoms with van der Waals surface area (Å²) in [6, 6.07) is 3.70. The molecule has 19 heavy (non-hydrogen) atoms. The van der Waals surface area contributed by atoms with E-state index in [9.17, 15) is 9.90 Å². The van der Waals surface area contributed by atoms with Crippen LogP contribution in [0.5, 0.6) is 0 Å². The van der Waals surface area contributed by atoms with E-state index in [0.29, 0.717) is 13.0 Å². The minimum Gasteiger partial charge on any atom is -0.388 e. The van der Waals surface area contributed by atoms with E-state index in [1.54, 1.807) is 12.4 Å². The highest BCUT2D eigenvalue weighted by Gasteiger charge is 2.28. The predicted molar refractivity (Wildman–Crippen MR) is 73.6 cm³/mol. The van der Waals surface area contributed by atoms with E-state index in [0.717, 1.165) is 31.2 Å². The highest BCUT2D eigenvalue weighted by molar-refractivity contribution is 5.78. The fourth-order valence-electron chi connectivity index (χ4n) is 2.58. The number of nitrogens with zero attached hydrogens (tertiary/aromatic N) is 1. The van der Waals surface area contributed by atoms with E-state index in [1.165, 1.54) is 12.8 Å². The van der Waals surface area contributed by atoms with Gasteiger partial charge in [0.05, 0.1) is 12.0 Å². The molecule has 0 spiro atoms. The van der Waals surface area contributed by atoms with Crippen molar-refractivity contribution in [3.05, 3.63) is 30.1 Å². The molecule has 0 radical (unpaired) electrons. The largest absolute Gasteiger partial charge is 0.388 e. The molecule has 0 aliphatic heterocycles. The molecule has 2 N–H and O–H groups in total. The molecule has 0 atom stereocenters. The van der Waals surface area contributed by atoms with Crippen LogP contribution in [0.1, 0.15) is 44.1 Å². The molecular weight excluding hydrogens is 240 g/mol. The van der Waals surface area contributed by atoms with Crippen LogP contribution in [0.2, 0.25) is 0 Å². The molecule has 2 rings (SSSR count). The molecule has 1 fully saturated rings. The van der Waals surface area contributed by atoms with Gasteiger partial charge in [-0.2, -0.15) is 0 Å². The summed E-state index contributed by atoms with van der Waals surface area (Å²) in [6.07, 6.45) is 9.77. The Morgan fingerprint density at radius 2 is 2.05 bits per heavy atom. The third kappa shape index (κ3) is 4.63. The van der Waals surface area contributed by atoms with Crippen LogP contribution < -0.4 is 5.32 Å². The summed E-state index contributed by atoms with van der Waals surface area (Å²) >= 11 is 0. The second kappa shape index (κ2) is 6.66. The van der Waals surface area contributed by atoms with E-state index in [4.69, 9.17) is 0 Å². The molecule has 1 aromatic rings. The molecule has 0 bridgehead atoms. The van der Waals surface area contributed by atoms with Crippen LogP contribution in [0.25, 0.3) is 0 Å². The Kier molecular flexibility index (Phi) is 4.91. The van der Waals surface area contributed by atoms with E-state index in [2.05, 4.69) is 10.3 Å². The maximum Gasteiger partial charge on any atom is 0.224 e. The zero-order valence-electron chi connectivity index (χ0n) is 11.3. The van der Waals surface area contributed by atoms with Gasteiger partial charge in [0.1, 0.15) is 0 Å². The van der Waals surface area contributed by atoms with Crippen LogP contribution in [-0.2, 0) is 11.2 Å². The van der Waals surface area contributed by atoms with Crippen LogP contribution >= 0.6 is 0 Å². The number of hydrogen-bond donors (Lipinski definition) is 2. The summed E-state index contributed by atoms with van der Waals surface area (Å²) in [5, 5.41) is 13.3. The molecule has 1 aliphatic rings. The molecule has 4 nitrogen and oxygen atoms in total. The number of rotatable bonds is 4. The summed E-state index contributed by atoms with van der Waals surface area (Å²) in [7, 11) is 0. The van der Waals surface area contributed by atoms with E-state index in [1.807, 2.05) is 12.1 Å². The second-order valence-corrected chi connectivity index (χ2v) is 5.45. The zero-order chi connectivity index (χ0) is 13.6. The Balaban J connectivity index is 1.79. The summed E-state index contributed by atoms with van der Waals surface area (Å²) in [5.74, 6) is -0.0503. The maximum absolute atomic E-state index is 11.8. The maximum atomic E-state index is 11.8. The number of pyridine rings is 1. The van der Waals surface area contributed by atoms with Gasteiger partial charge in [-0.05, 0) is 24.5 Å². The predicted octanol–water partition coefficient (Wildman–Crippen LogP) is 1.83. The average molecular weight is 262 g/mol. The first-order valence-corrected chi connectivity index (χ1v) is 7.06. The lowest BCUT2D eigenvalue weighted by Gasteiger charge is -2.26.